The Hall–Kier alpha value is -3.80. The van der Waals surface area contributed by atoms with Gasteiger partial charge in [-0.2, -0.15) is 0 Å². The molecule has 3 aromatic carbocycles. The molecule has 0 bridgehead atoms. The smallest absolute Gasteiger partial charge is 0.227 e. The summed E-state index contributed by atoms with van der Waals surface area (Å²) in [6.07, 6.45) is 1.45. The maximum Gasteiger partial charge on any atom is 0.227 e. The number of benzene rings is 3. The van der Waals surface area contributed by atoms with E-state index in [9.17, 15) is 4.79 Å². The molecule has 34 heavy (non-hydrogen) atoms. The fraction of sp³-hybridized carbons (Fsp3) is 0.286. The van der Waals surface area contributed by atoms with Gasteiger partial charge in [0.1, 0.15) is 23.9 Å². The highest BCUT2D eigenvalue weighted by Crippen LogP contribution is 2.33. The van der Waals surface area contributed by atoms with Crippen molar-refractivity contribution in [3.8, 4) is 11.5 Å². The number of hydrogen-bond acceptors (Lipinski definition) is 4. The zero-order chi connectivity index (χ0) is 23.5. The van der Waals surface area contributed by atoms with Gasteiger partial charge in [0.2, 0.25) is 5.91 Å². The quantitative estimate of drug-likeness (QED) is 0.366. The molecule has 1 aromatic heterocycles. The molecule has 1 aliphatic rings. The number of amides is 1. The van der Waals surface area contributed by atoms with Gasteiger partial charge in [0, 0.05) is 24.6 Å². The first kappa shape index (κ1) is 22.0. The molecule has 5 rings (SSSR count). The maximum atomic E-state index is 12.9. The van der Waals surface area contributed by atoms with Crippen LogP contribution in [0.15, 0.2) is 72.8 Å². The summed E-state index contributed by atoms with van der Waals surface area (Å²) in [6, 6.07) is 24.0. The van der Waals surface area contributed by atoms with E-state index in [2.05, 4.69) is 29.7 Å². The Morgan fingerprint density at radius 2 is 1.71 bits per heavy atom. The summed E-state index contributed by atoms with van der Waals surface area (Å²) < 4.78 is 13.5. The second-order valence-corrected chi connectivity index (χ2v) is 8.56. The van der Waals surface area contributed by atoms with E-state index in [-0.39, 0.29) is 11.8 Å². The number of aromatic nitrogens is 2. The van der Waals surface area contributed by atoms with E-state index >= 15 is 0 Å². The van der Waals surface area contributed by atoms with Crippen molar-refractivity contribution in [3.05, 3.63) is 84.2 Å². The summed E-state index contributed by atoms with van der Waals surface area (Å²) in [5.74, 6) is 2.71. The number of carbonyl (C=O) groups is 1. The van der Waals surface area contributed by atoms with Crippen LogP contribution in [0.3, 0.4) is 0 Å². The Bertz CT molecular complexity index is 1280. The molecule has 0 saturated carbocycles. The van der Waals surface area contributed by atoms with Crippen LogP contribution in [0.5, 0.6) is 11.5 Å². The molecule has 1 atom stereocenters. The molecular formula is C28H29N3O3. The molecule has 1 saturated heterocycles. The number of anilines is 1. The topological polar surface area (TPSA) is 56.6 Å². The maximum absolute atomic E-state index is 12.9. The Kier molecular flexibility index (Phi) is 6.21. The van der Waals surface area contributed by atoms with Crippen LogP contribution in [0, 0.1) is 0 Å². The number of carbonyl (C=O) groups excluding carboxylic acids is 1. The first-order chi connectivity index (χ1) is 16.7. The highest BCUT2D eigenvalue weighted by Gasteiger charge is 2.34. The third kappa shape index (κ3) is 4.36. The summed E-state index contributed by atoms with van der Waals surface area (Å²) in [5, 5.41) is 0. The predicted octanol–water partition coefficient (Wildman–Crippen LogP) is 5.21. The third-order valence-electron chi connectivity index (χ3n) is 6.47. The van der Waals surface area contributed by atoms with E-state index in [1.165, 1.54) is 5.56 Å². The largest absolute Gasteiger partial charge is 0.497 e. The Morgan fingerprint density at radius 1 is 0.971 bits per heavy atom. The predicted molar refractivity (Wildman–Crippen MR) is 134 cm³/mol. The van der Waals surface area contributed by atoms with Crippen LogP contribution < -0.4 is 14.4 Å². The number of aryl methyl sites for hydroxylation is 1. The van der Waals surface area contributed by atoms with Gasteiger partial charge in [0.05, 0.1) is 24.7 Å². The molecule has 1 amide bonds. The van der Waals surface area contributed by atoms with Crippen molar-refractivity contribution < 1.29 is 14.3 Å². The first-order valence-corrected chi connectivity index (χ1v) is 11.8. The number of para-hydroxylation sites is 2. The summed E-state index contributed by atoms with van der Waals surface area (Å²) in [5.41, 5.74) is 4.19. The van der Waals surface area contributed by atoms with Crippen molar-refractivity contribution >= 4 is 22.6 Å². The first-order valence-electron chi connectivity index (χ1n) is 11.8. The van der Waals surface area contributed by atoms with Crippen LogP contribution in [-0.2, 0) is 17.8 Å². The second kappa shape index (κ2) is 9.59. The van der Waals surface area contributed by atoms with Gasteiger partial charge in [-0.05, 0) is 60.5 Å². The molecular weight excluding hydrogens is 426 g/mol. The number of hydrogen-bond donors (Lipinski definition) is 0. The van der Waals surface area contributed by atoms with Crippen molar-refractivity contribution in [2.24, 2.45) is 0 Å². The van der Waals surface area contributed by atoms with E-state index < -0.39 is 0 Å². The lowest BCUT2D eigenvalue weighted by atomic mass is 10.1. The van der Waals surface area contributed by atoms with Crippen molar-refractivity contribution in [1.82, 2.24) is 9.55 Å². The molecule has 1 unspecified atom stereocenters. The number of ether oxygens (including phenoxy) is 2. The average Bonchev–Trinajstić information content (AvgIpc) is 3.45. The van der Waals surface area contributed by atoms with Crippen molar-refractivity contribution in [2.75, 3.05) is 25.2 Å². The molecule has 4 aromatic rings. The van der Waals surface area contributed by atoms with E-state index in [1.807, 2.05) is 59.5 Å². The lowest BCUT2D eigenvalue weighted by molar-refractivity contribution is -0.117. The highest BCUT2D eigenvalue weighted by molar-refractivity contribution is 5.96. The average molecular weight is 456 g/mol. The monoisotopic (exact) mass is 455 g/mol. The second-order valence-electron chi connectivity index (χ2n) is 8.56. The van der Waals surface area contributed by atoms with Crippen molar-refractivity contribution in [2.45, 2.75) is 32.2 Å². The van der Waals surface area contributed by atoms with Gasteiger partial charge >= 0.3 is 0 Å². The van der Waals surface area contributed by atoms with Crippen LogP contribution in [0.4, 0.5) is 5.69 Å². The minimum Gasteiger partial charge on any atom is -0.497 e. The molecule has 0 radical (unpaired) electrons. The lowest BCUT2D eigenvalue weighted by Crippen LogP contribution is -2.24. The standard InChI is InChI=1S/C28H29N3O3/c1-3-20-8-12-24(13-9-20)34-17-16-30-26-7-5-4-6-25(26)29-28(30)21-18-27(32)31(19-21)22-10-14-23(33-2)15-11-22/h4-15,21H,3,16-19H2,1-2H3. The lowest BCUT2D eigenvalue weighted by Gasteiger charge is -2.18. The normalized spacial score (nSPS) is 15.8. The highest BCUT2D eigenvalue weighted by atomic mass is 16.5. The number of fused-ring (bicyclic) bond motifs is 1. The number of imidazole rings is 1. The molecule has 0 aliphatic carbocycles. The molecule has 6 heteroatoms. The molecule has 1 fully saturated rings. The molecule has 174 valence electrons. The summed E-state index contributed by atoms with van der Waals surface area (Å²) in [6.45, 7) is 3.94. The van der Waals surface area contributed by atoms with Gasteiger partial charge in [-0.25, -0.2) is 4.98 Å². The summed E-state index contributed by atoms with van der Waals surface area (Å²) in [4.78, 5) is 19.7. The van der Waals surface area contributed by atoms with Crippen LogP contribution >= 0.6 is 0 Å². The van der Waals surface area contributed by atoms with Crippen molar-refractivity contribution in [3.63, 3.8) is 0 Å². The van der Waals surface area contributed by atoms with E-state index in [4.69, 9.17) is 14.5 Å². The van der Waals surface area contributed by atoms with E-state index in [0.29, 0.717) is 26.1 Å². The zero-order valence-corrected chi connectivity index (χ0v) is 19.6. The van der Waals surface area contributed by atoms with Gasteiger partial charge in [0.15, 0.2) is 0 Å². The number of methoxy groups -OCH3 is 1. The SMILES string of the molecule is CCc1ccc(OCCn2c(C3CC(=O)N(c4ccc(OC)cc4)C3)nc3ccccc32)cc1. The van der Waals surface area contributed by atoms with Crippen LogP contribution in [-0.4, -0.2) is 35.7 Å². The van der Waals surface area contributed by atoms with Crippen molar-refractivity contribution in [1.29, 1.82) is 0 Å². The Morgan fingerprint density at radius 3 is 2.44 bits per heavy atom. The van der Waals surface area contributed by atoms with E-state index in [1.54, 1.807) is 7.11 Å². The molecule has 1 aliphatic heterocycles. The summed E-state index contributed by atoms with van der Waals surface area (Å²) >= 11 is 0. The minimum absolute atomic E-state index is 0.0193. The third-order valence-corrected chi connectivity index (χ3v) is 6.47. The molecule has 0 N–H and O–H groups in total. The van der Waals surface area contributed by atoms with Gasteiger partial charge in [-0.1, -0.05) is 31.2 Å². The Labute approximate surface area is 199 Å². The number of nitrogens with zero attached hydrogens (tertiary/aromatic N) is 3. The van der Waals surface area contributed by atoms with Crippen LogP contribution in [0.1, 0.15) is 30.7 Å². The molecule has 0 spiro atoms. The number of rotatable bonds is 8. The van der Waals surface area contributed by atoms with Gasteiger partial charge in [0.25, 0.3) is 0 Å². The van der Waals surface area contributed by atoms with Crippen LogP contribution in [0.2, 0.25) is 0 Å². The fourth-order valence-corrected chi connectivity index (χ4v) is 4.61. The molecule has 6 nitrogen and oxygen atoms in total. The Balaban J connectivity index is 1.36. The van der Waals surface area contributed by atoms with Gasteiger partial charge < -0.3 is 18.9 Å². The van der Waals surface area contributed by atoms with E-state index in [0.717, 1.165) is 40.5 Å². The van der Waals surface area contributed by atoms with Crippen LogP contribution in [0.25, 0.3) is 11.0 Å². The fourth-order valence-electron chi connectivity index (χ4n) is 4.61. The minimum atomic E-state index is 0.0193. The van der Waals surface area contributed by atoms with Gasteiger partial charge in [-0.15, -0.1) is 0 Å². The van der Waals surface area contributed by atoms with Gasteiger partial charge in [-0.3, -0.25) is 4.79 Å². The molecule has 2 heterocycles. The zero-order valence-electron chi connectivity index (χ0n) is 19.6. The summed E-state index contributed by atoms with van der Waals surface area (Å²) in [7, 11) is 1.64.